The number of rotatable bonds is 17. The minimum atomic E-state index is -4.17. The molecule has 3 N–H and O–H groups in total. The van der Waals surface area contributed by atoms with Gasteiger partial charge < -0.3 is 14.9 Å². The molecule has 0 spiro atoms. The Labute approximate surface area is 171 Å². The number of carbonyl (C=O) groups is 1. The van der Waals surface area contributed by atoms with Gasteiger partial charge in [0.05, 0.1) is 20.6 Å². The summed E-state index contributed by atoms with van der Waals surface area (Å²) in [6, 6.07) is 0. The highest BCUT2D eigenvalue weighted by Gasteiger charge is 2.24. The van der Waals surface area contributed by atoms with E-state index in [2.05, 4.69) is 24.4 Å². The molecule has 0 aliphatic carbocycles. The van der Waals surface area contributed by atoms with Crippen molar-refractivity contribution in [2.45, 2.75) is 70.8 Å². The second-order valence-electron chi connectivity index (χ2n) is 8.13. The van der Waals surface area contributed by atoms with Gasteiger partial charge in [-0.25, -0.2) is 0 Å². The van der Waals surface area contributed by atoms with Crippen molar-refractivity contribution in [1.29, 1.82) is 0 Å². The van der Waals surface area contributed by atoms with Gasteiger partial charge in [0, 0.05) is 19.4 Å². The van der Waals surface area contributed by atoms with Crippen molar-refractivity contribution >= 4 is 16.0 Å². The van der Waals surface area contributed by atoms with E-state index in [9.17, 15) is 18.3 Å². The van der Waals surface area contributed by atoms with Gasteiger partial charge in [0.1, 0.15) is 18.4 Å². The van der Waals surface area contributed by atoms with Crippen LogP contribution in [0.3, 0.4) is 0 Å². The highest BCUT2D eigenvalue weighted by molar-refractivity contribution is 7.85. The number of hydrogen-bond acceptors (Lipinski definition) is 4. The number of amides is 1. The van der Waals surface area contributed by atoms with Gasteiger partial charge in [-0.1, -0.05) is 38.3 Å². The first-order valence-electron chi connectivity index (χ1n) is 10.4. The highest BCUT2D eigenvalue weighted by Crippen LogP contribution is 2.08. The maximum absolute atomic E-state index is 11.8. The van der Waals surface area contributed by atoms with E-state index in [1.165, 1.54) is 19.3 Å². The quantitative estimate of drug-likeness (QED) is 0.145. The van der Waals surface area contributed by atoms with Crippen LogP contribution in [0.4, 0.5) is 0 Å². The van der Waals surface area contributed by atoms with Gasteiger partial charge >= 0.3 is 0 Å². The number of quaternary nitrogens is 1. The van der Waals surface area contributed by atoms with Crippen LogP contribution in [-0.4, -0.2) is 74.1 Å². The third-order valence-corrected chi connectivity index (χ3v) is 5.35. The number of carbonyl (C=O) groups excluding carboxylic acids is 1. The molecule has 0 aromatic carbocycles. The second kappa shape index (κ2) is 15.0. The molecule has 0 aromatic rings. The fourth-order valence-corrected chi connectivity index (χ4v) is 3.74. The van der Waals surface area contributed by atoms with Gasteiger partial charge in [-0.3, -0.25) is 9.35 Å². The number of likely N-dealkylation sites (N-methyl/N-ethyl adjacent to an activating group) is 1. The maximum atomic E-state index is 11.8. The van der Waals surface area contributed by atoms with E-state index < -0.39 is 22.0 Å². The summed E-state index contributed by atoms with van der Waals surface area (Å²) >= 11 is 0. The third-order valence-electron chi connectivity index (χ3n) is 4.55. The van der Waals surface area contributed by atoms with Crippen molar-refractivity contribution in [2.24, 2.45) is 0 Å². The van der Waals surface area contributed by atoms with Crippen LogP contribution < -0.4 is 5.32 Å². The minimum Gasteiger partial charge on any atom is -0.386 e. The molecule has 7 nitrogen and oxygen atoms in total. The lowest BCUT2D eigenvalue weighted by atomic mass is 10.1. The summed E-state index contributed by atoms with van der Waals surface area (Å²) in [6.07, 6.45) is 12.5. The predicted octanol–water partition coefficient (Wildman–Crippen LogP) is 2.51. The Bertz CT molecular complexity index is 547. The average molecular weight is 422 g/mol. The largest absolute Gasteiger partial charge is 0.386 e. The molecular weight excluding hydrogens is 380 g/mol. The van der Waals surface area contributed by atoms with E-state index in [1.54, 1.807) is 0 Å². The van der Waals surface area contributed by atoms with Crippen LogP contribution in [0, 0.1) is 0 Å². The van der Waals surface area contributed by atoms with E-state index in [4.69, 9.17) is 4.55 Å². The van der Waals surface area contributed by atoms with Gasteiger partial charge in [0.2, 0.25) is 5.91 Å². The lowest BCUT2D eigenvalue weighted by Crippen LogP contribution is -2.48. The van der Waals surface area contributed by atoms with E-state index in [-0.39, 0.29) is 12.5 Å². The summed E-state index contributed by atoms with van der Waals surface area (Å²) < 4.78 is 30.8. The SMILES string of the molecule is CC/C=C/CCCCCCCC(=O)NCCC[N+](C)(C)CC(O)CS(=O)(=O)O. The fourth-order valence-electron chi connectivity index (χ4n) is 3.14. The Kier molecular flexibility index (Phi) is 14.4. The predicted molar refractivity (Wildman–Crippen MR) is 114 cm³/mol. The molecule has 0 bridgehead atoms. The summed E-state index contributed by atoms with van der Waals surface area (Å²) in [5.74, 6) is -0.580. The Morgan fingerprint density at radius 3 is 2.36 bits per heavy atom. The van der Waals surface area contributed by atoms with Crippen molar-refractivity contribution in [2.75, 3.05) is 39.5 Å². The molecule has 28 heavy (non-hydrogen) atoms. The molecule has 0 heterocycles. The van der Waals surface area contributed by atoms with Crippen LogP contribution in [0.25, 0.3) is 0 Å². The van der Waals surface area contributed by atoms with Gasteiger partial charge in [-0.2, -0.15) is 8.42 Å². The molecule has 8 heteroatoms. The lowest BCUT2D eigenvalue weighted by Gasteiger charge is -2.31. The van der Waals surface area contributed by atoms with Gasteiger partial charge in [-0.05, 0) is 25.7 Å². The fraction of sp³-hybridized carbons (Fsp3) is 0.850. The summed E-state index contributed by atoms with van der Waals surface area (Å²) in [7, 11) is -0.409. The van der Waals surface area contributed by atoms with E-state index in [0.717, 1.165) is 32.1 Å². The van der Waals surface area contributed by atoms with Crippen molar-refractivity contribution in [3.63, 3.8) is 0 Å². The van der Waals surface area contributed by atoms with E-state index in [1.807, 2.05) is 14.1 Å². The molecule has 1 unspecified atom stereocenters. The first kappa shape index (κ1) is 27.0. The molecule has 0 radical (unpaired) electrons. The third kappa shape index (κ3) is 18.4. The van der Waals surface area contributed by atoms with Crippen LogP contribution in [0.1, 0.15) is 64.7 Å². The lowest BCUT2D eigenvalue weighted by molar-refractivity contribution is -0.893. The van der Waals surface area contributed by atoms with Crippen molar-refractivity contribution in [3.05, 3.63) is 12.2 Å². The summed E-state index contributed by atoms with van der Waals surface area (Å²) in [5, 5.41) is 12.7. The smallest absolute Gasteiger partial charge is 0.267 e. The normalized spacial score (nSPS) is 13.8. The zero-order valence-electron chi connectivity index (χ0n) is 17.9. The molecule has 0 saturated carbocycles. The van der Waals surface area contributed by atoms with Crippen LogP contribution in [0.5, 0.6) is 0 Å². The van der Waals surface area contributed by atoms with E-state index in [0.29, 0.717) is 24.0 Å². The molecule has 0 rings (SSSR count). The van der Waals surface area contributed by atoms with Crippen molar-refractivity contribution < 1.29 is 27.4 Å². The highest BCUT2D eigenvalue weighted by atomic mass is 32.2. The minimum absolute atomic E-state index is 0.0718. The molecule has 1 amide bonds. The summed E-state index contributed by atoms with van der Waals surface area (Å²) in [4.78, 5) is 11.8. The van der Waals surface area contributed by atoms with Gasteiger partial charge in [0.25, 0.3) is 10.1 Å². The topological polar surface area (TPSA) is 104 Å². The number of nitrogens with one attached hydrogen (secondary N) is 1. The Morgan fingerprint density at radius 1 is 1.07 bits per heavy atom. The molecule has 0 aliphatic heterocycles. The maximum Gasteiger partial charge on any atom is 0.267 e. The summed E-state index contributed by atoms with van der Waals surface area (Å²) in [6.45, 7) is 3.62. The summed E-state index contributed by atoms with van der Waals surface area (Å²) in [5.41, 5.74) is 0. The first-order chi connectivity index (χ1) is 13.1. The van der Waals surface area contributed by atoms with Crippen molar-refractivity contribution in [3.8, 4) is 0 Å². The molecule has 166 valence electrons. The molecule has 1 atom stereocenters. The average Bonchev–Trinajstić information content (AvgIpc) is 2.55. The Hall–Kier alpha value is -0.960. The number of aliphatic hydroxyl groups is 1. The number of hydrogen-bond donors (Lipinski definition) is 3. The number of unbranched alkanes of at least 4 members (excludes halogenated alkanes) is 5. The Morgan fingerprint density at radius 2 is 1.71 bits per heavy atom. The number of nitrogens with zero attached hydrogens (tertiary/aromatic N) is 1. The number of allylic oxidation sites excluding steroid dienone is 2. The zero-order valence-corrected chi connectivity index (χ0v) is 18.7. The molecule has 0 aromatic heterocycles. The van der Waals surface area contributed by atoms with Crippen LogP contribution >= 0.6 is 0 Å². The first-order valence-corrected chi connectivity index (χ1v) is 12.0. The molecular formula is C20H41N2O5S+. The van der Waals surface area contributed by atoms with Crippen molar-refractivity contribution in [1.82, 2.24) is 5.32 Å². The van der Waals surface area contributed by atoms with Gasteiger partial charge in [0.15, 0.2) is 0 Å². The number of aliphatic hydroxyl groups excluding tert-OH is 1. The van der Waals surface area contributed by atoms with Gasteiger partial charge in [-0.15, -0.1) is 0 Å². The standard InChI is InChI=1S/C20H40N2O5S/c1-4-5-6-7-8-9-10-11-12-14-20(24)21-15-13-16-22(2,3)17-19(23)18-28(25,26)27/h5-6,19,23H,4,7-18H2,1-3H3,(H-,21,24,25,26,27)/p+1/b6-5+. The molecule has 0 fully saturated rings. The van der Waals surface area contributed by atoms with Crippen LogP contribution in [0.2, 0.25) is 0 Å². The Balaban J connectivity index is 3.71. The van der Waals surface area contributed by atoms with Crippen LogP contribution in [0.15, 0.2) is 12.2 Å². The zero-order chi connectivity index (χ0) is 21.5. The molecule has 0 saturated heterocycles. The monoisotopic (exact) mass is 421 g/mol. The second-order valence-corrected chi connectivity index (χ2v) is 9.63. The molecule has 0 aliphatic rings. The van der Waals surface area contributed by atoms with E-state index >= 15 is 0 Å². The van der Waals surface area contributed by atoms with Crippen LogP contribution in [-0.2, 0) is 14.9 Å².